The molecule has 0 saturated carbocycles. The van der Waals surface area contributed by atoms with Gasteiger partial charge in [0.05, 0.1) is 0 Å². The number of halogens is 1. The van der Waals surface area contributed by atoms with Gasteiger partial charge in [-0.15, -0.1) is 0 Å². The summed E-state index contributed by atoms with van der Waals surface area (Å²) in [5.41, 5.74) is 4.96. The Labute approximate surface area is 69.4 Å². The molecule has 11 heavy (non-hydrogen) atoms. The van der Waals surface area contributed by atoms with Gasteiger partial charge in [0.1, 0.15) is 6.34 Å². The molecule has 2 N–H and O–H groups in total. The van der Waals surface area contributed by atoms with Crippen molar-refractivity contribution in [2.45, 2.75) is 0 Å². The van der Waals surface area contributed by atoms with E-state index in [-0.39, 0.29) is 0 Å². The maximum absolute atomic E-state index is 5.63. The largest absolute Gasteiger partial charge is 0.387 e. The zero-order chi connectivity index (χ0) is 8.10. The zero-order valence-corrected chi connectivity index (χ0v) is 6.45. The van der Waals surface area contributed by atoms with Crippen LogP contribution in [0.2, 0.25) is 5.02 Å². The minimum absolute atomic E-state index is 0.608. The van der Waals surface area contributed by atoms with Gasteiger partial charge in [0, 0.05) is 5.02 Å². The van der Waals surface area contributed by atoms with Crippen LogP contribution < -0.4 is 10.6 Å². The third-order valence-corrected chi connectivity index (χ3v) is 1.28. The summed E-state index contributed by atoms with van der Waals surface area (Å²) in [5, 5.41) is 4.04. The van der Waals surface area contributed by atoms with Gasteiger partial charge in [0.2, 0.25) is 0 Å². The van der Waals surface area contributed by atoms with E-state index in [0.717, 1.165) is 6.34 Å². The quantitative estimate of drug-likeness (QED) is 0.417. The summed E-state index contributed by atoms with van der Waals surface area (Å²) in [7, 11) is 0. The van der Waals surface area contributed by atoms with Crippen molar-refractivity contribution in [2.24, 2.45) is 10.9 Å². The fraction of sp³-hybridized carbons (Fsp3) is 0. The standard InChI is InChI=1S/C7H7ClN2O/c8-6-1-3-7(4-2-6)11-10-5-9/h1-5H,(H2,9,10). The van der Waals surface area contributed by atoms with Gasteiger partial charge in [-0.3, -0.25) is 0 Å². The molecule has 58 valence electrons. The highest BCUT2D eigenvalue weighted by molar-refractivity contribution is 6.30. The van der Waals surface area contributed by atoms with Crippen molar-refractivity contribution in [1.82, 2.24) is 0 Å². The zero-order valence-electron chi connectivity index (χ0n) is 5.70. The number of rotatable bonds is 2. The Kier molecular flexibility index (Phi) is 2.74. The van der Waals surface area contributed by atoms with Crippen LogP contribution in [0.25, 0.3) is 0 Å². The lowest BCUT2D eigenvalue weighted by Gasteiger charge is -1.95. The van der Waals surface area contributed by atoms with E-state index < -0.39 is 0 Å². The van der Waals surface area contributed by atoms with E-state index in [4.69, 9.17) is 22.2 Å². The monoisotopic (exact) mass is 170 g/mol. The summed E-state index contributed by atoms with van der Waals surface area (Å²) >= 11 is 5.63. The van der Waals surface area contributed by atoms with E-state index in [1.54, 1.807) is 24.3 Å². The lowest BCUT2D eigenvalue weighted by molar-refractivity contribution is 0.343. The summed E-state index contributed by atoms with van der Waals surface area (Å²) in [6, 6.07) is 6.83. The molecule has 4 heteroatoms. The Morgan fingerprint density at radius 2 is 2.00 bits per heavy atom. The Balaban J connectivity index is 2.66. The summed E-state index contributed by atoms with van der Waals surface area (Å²) in [4.78, 5) is 4.80. The van der Waals surface area contributed by atoms with Crippen LogP contribution in [-0.4, -0.2) is 6.34 Å². The first kappa shape index (κ1) is 7.88. The molecule has 1 aromatic rings. The third kappa shape index (κ3) is 2.47. The number of hydrogen-bond acceptors (Lipinski definition) is 2. The first-order valence-electron chi connectivity index (χ1n) is 2.99. The second-order valence-electron chi connectivity index (χ2n) is 1.80. The maximum atomic E-state index is 5.63. The molecule has 0 aromatic heterocycles. The summed E-state index contributed by atoms with van der Waals surface area (Å²) in [6.07, 6.45) is 1.08. The van der Waals surface area contributed by atoms with Gasteiger partial charge < -0.3 is 10.6 Å². The van der Waals surface area contributed by atoms with Gasteiger partial charge in [-0.05, 0) is 24.3 Å². The first-order chi connectivity index (χ1) is 5.33. The molecule has 1 rings (SSSR count). The average Bonchev–Trinajstić information content (AvgIpc) is 2.04. The van der Waals surface area contributed by atoms with E-state index in [1.807, 2.05) is 0 Å². The van der Waals surface area contributed by atoms with Crippen LogP contribution in [0, 0.1) is 0 Å². The van der Waals surface area contributed by atoms with Gasteiger partial charge in [-0.2, -0.15) is 0 Å². The van der Waals surface area contributed by atoms with Gasteiger partial charge in [-0.1, -0.05) is 16.8 Å². The predicted molar refractivity (Wildman–Crippen MR) is 44.8 cm³/mol. The molecule has 0 amide bonds. The number of benzene rings is 1. The highest BCUT2D eigenvalue weighted by Gasteiger charge is 1.90. The molecule has 0 radical (unpaired) electrons. The normalized spacial score (nSPS) is 10.3. The molecule has 0 aliphatic carbocycles. The molecule has 1 aromatic carbocycles. The third-order valence-electron chi connectivity index (χ3n) is 1.03. The average molecular weight is 171 g/mol. The fourth-order valence-electron chi connectivity index (χ4n) is 0.587. The molecule has 0 unspecified atom stereocenters. The van der Waals surface area contributed by atoms with E-state index in [1.165, 1.54) is 0 Å². The van der Waals surface area contributed by atoms with Crippen LogP contribution in [0.15, 0.2) is 29.4 Å². The van der Waals surface area contributed by atoms with Gasteiger partial charge in [-0.25, -0.2) is 0 Å². The van der Waals surface area contributed by atoms with Gasteiger partial charge in [0.25, 0.3) is 0 Å². The SMILES string of the molecule is NC=NOc1ccc(Cl)cc1. The smallest absolute Gasteiger partial charge is 0.158 e. The number of nitrogens with two attached hydrogens (primary N) is 1. The van der Waals surface area contributed by atoms with E-state index in [0.29, 0.717) is 10.8 Å². The van der Waals surface area contributed by atoms with Crippen LogP contribution in [0.1, 0.15) is 0 Å². The molecule has 0 bridgehead atoms. The van der Waals surface area contributed by atoms with E-state index >= 15 is 0 Å². The topological polar surface area (TPSA) is 47.6 Å². The minimum Gasteiger partial charge on any atom is -0.387 e. The second kappa shape index (κ2) is 3.83. The fourth-order valence-corrected chi connectivity index (χ4v) is 0.713. The number of nitrogens with zero attached hydrogens (tertiary/aromatic N) is 1. The van der Waals surface area contributed by atoms with Crippen molar-refractivity contribution in [2.75, 3.05) is 0 Å². The molecular formula is C7H7ClN2O. The highest BCUT2D eigenvalue weighted by Crippen LogP contribution is 2.15. The molecular weight excluding hydrogens is 164 g/mol. The second-order valence-corrected chi connectivity index (χ2v) is 2.24. The van der Waals surface area contributed by atoms with Crippen molar-refractivity contribution in [3.8, 4) is 5.75 Å². The Morgan fingerprint density at radius 3 is 2.55 bits per heavy atom. The van der Waals surface area contributed by atoms with E-state index in [2.05, 4.69) is 5.16 Å². The van der Waals surface area contributed by atoms with Crippen molar-refractivity contribution in [3.05, 3.63) is 29.3 Å². The van der Waals surface area contributed by atoms with Crippen LogP contribution in [0.3, 0.4) is 0 Å². The van der Waals surface area contributed by atoms with Crippen LogP contribution in [0.5, 0.6) is 5.75 Å². The summed E-state index contributed by atoms with van der Waals surface area (Å²) in [6.45, 7) is 0. The first-order valence-corrected chi connectivity index (χ1v) is 3.37. The Bertz CT molecular complexity index is 245. The molecule has 3 nitrogen and oxygen atoms in total. The van der Waals surface area contributed by atoms with Crippen LogP contribution in [-0.2, 0) is 0 Å². The van der Waals surface area contributed by atoms with Crippen molar-refractivity contribution in [1.29, 1.82) is 0 Å². The molecule has 0 saturated heterocycles. The van der Waals surface area contributed by atoms with Gasteiger partial charge in [0.15, 0.2) is 5.75 Å². The Morgan fingerprint density at radius 1 is 1.36 bits per heavy atom. The highest BCUT2D eigenvalue weighted by atomic mass is 35.5. The summed E-state index contributed by atoms with van der Waals surface area (Å²) < 4.78 is 0. The molecule has 0 atom stereocenters. The molecule has 0 aliphatic rings. The van der Waals surface area contributed by atoms with Crippen molar-refractivity contribution >= 4 is 17.9 Å². The van der Waals surface area contributed by atoms with Crippen LogP contribution in [0.4, 0.5) is 0 Å². The maximum Gasteiger partial charge on any atom is 0.158 e. The molecule has 0 fully saturated rings. The lowest BCUT2D eigenvalue weighted by Crippen LogP contribution is -1.92. The Hall–Kier alpha value is -1.22. The molecule has 0 aliphatic heterocycles. The summed E-state index contributed by atoms with van der Waals surface area (Å²) in [5.74, 6) is 0.608. The van der Waals surface area contributed by atoms with Crippen molar-refractivity contribution < 1.29 is 4.84 Å². The van der Waals surface area contributed by atoms with E-state index in [9.17, 15) is 0 Å². The predicted octanol–water partition coefficient (Wildman–Crippen LogP) is 1.62. The number of hydrogen-bond donors (Lipinski definition) is 1. The van der Waals surface area contributed by atoms with Crippen LogP contribution >= 0.6 is 11.6 Å². The number of oxime groups is 1. The minimum atomic E-state index is 0.608. The molecule has 0 spiro atoms. The van der Waals surface area contributed by atoms with Crippen molar-refractivity contribution in [3.63, 3.8) is 0 Å². The molecule has 0 heterocycles. The lowest BCUT2D eigenvalue weighted by atomic mass is 10.3. The van der Waals surface area contributed by atoms with Gasteiger partial charge >= 0.3 is 0 Å².